The van der Waals surface area contributed by atoms with Gasteiger partial charge < -0.3 is 14.4 Å². The second-order valence-electron chi connectivity index (χ2n) is 14.9. The molecule has 4 aliphatic rings. The Hall–Kier alpha value is -3.67. The number of halogens is 1. The number of hydrogen-bond donors (Lipinski definition) is 1. The molecule has 51 heavy (non-hydrogen) atoms. The number of nitrogens with one attached hydrogen (secondary N) is 1. The summed E-state index contributed by atoms with van der Waals surface area (Å²) in [5.74, 6) is 0.0824. The van der Waals surface area contributed by atoms with Crippen LogP contribution < -0.4 is 14.4 Å². The largest absolute Gasteiger partial charge is 0.490 e. The maximum atomic E-state index is 14.5. The molecule has 10 nitrogen and oxygen atoms in total. The van der Waals surface area contributed by atoms with Crippen LogP contribution in [0.5, 0.6) is 5.75 Å². The van der Waals surface area contributed by atoms with Crippen molar-refractivity contribution in [2.24, 2.45) is 22.1 Å². The predicted molar refractivity (Wildman–Crippen MR) is 200 cm³/mol. The van der Waals surface area contributed by atoms with Crippen LogP contribution in [0.15, 0.2) is 65.3 Å². The minimum Gasteiger partial charge on any atom is -0.490 e. The fourth-order valence-corrected chi connectivity index (χ4v) is 10.5. The highest BCUT2D eigenvalue weighted by atomic mass is 35.5. The second-order valence-corrected chi connectivity index (χ2v) is 17.3. The molecule has 2 aliphatic carbocycles. The summed E-state index contributed by atoms with van der Waals surface area (Å²) in [6, 6.07) is 11.6. The van der Waals surface area contributed by atoms with E-state index in [2.05, 4.69) is 43.4 Å². The van der Waals surface area contributed by atoms with Gasteiger partial charge in [-0.2, -0.15) is 5.10 Å². The number of fused-ring (bicyclic) bond motifs is 4. The lowest BCUT2D eigenvalue weighted by molar-refractivity contribution is 0.0131. The highest BCUT2D eigenvalue weighted by Crippen LogP contribution is 2.47. The molecule has 2 amide bonds. The topological polar surface area (TPSA) is 115 Å². The summed E-state index contributed by atoms with van der Waals surface area (Å²) in [7, 11) is -1.76. The van der Waals surface area contributed by atoms with Gasteiger partial charge in [0.2, 0.25) is 0 Å². The molecule has 1 fully saturated rings. The number of nitrogens with zero attached hydrogens (tertiary/aromatic N) is 4. The standard InChI is InChI=1S/C39H48ClN5O5S/c1-4-17-45-22-30(20-41-45)38(47)43-51(48)23-26(2)7-5-9-35(49-3)32-13-10-29(32)21-44-24-39(16-6-8-27-18-31(40)12-14-33(27)39)25-50-36-15-11-28(19-34(36)44)37(46)42-51/h5,9,11-12,14-15,18-20,22,26,29,32,35H,4,6-8,10,13,16-17,21,23-25H2,1-3H3,(H,42,43,46,47,48)/b9-5+/t26-,29-,32+,35-,39-,51-/m0/s1. The molecule has 0 radical (unpaired) electrons. The Morgan fingerprint density at radius 1 is 1.22 bits per heavy atom. The average Bonchev–Trinajstić information content (AvgIpc) is 3.50. The van der Waals surface area contributed by atoms with E-state index in [9.17, 15) is 13.8 Å². The molecule has 1 saturated carbocycles. The fourth-order valence-electron chi connectivity index (χ4n) is 8.40. The first kappa shape index (κ1) is 35.7. The van der Waals surface area contributed by atoms with E-state index in [4.69, 9.17) is 21.1 Å². The Labute approximate surface area is 306 Å². The van der Waals surface area contributed by atoms with E-state index in [-0.39, 0.29) is 28.8 Å². The number of rotatable bonds is 5. The van der Waals surface area contributed by atoms with Gasteiger partial charge in [-0.1, -0.05) is 43.7 Å². The molecule has 6 atom stereocenters. The Balaban J connectivity index is 1.29. The molecule has 1 N–H and O–H groups in total. The lowest BCUT2D eigenvalue weighted by atomic mass is 9.68. The van der Waals surface area contributed by atoms with Crippen LogP contribution in [-0.4, -0.2) is 64.5 Å². The summed E-state index contributed by atoms with van der Waals surface area (Å²) in [5.41, 5.74) is 3.67. The van der Waals surface area contributed by atoms with Crippen LogP contribution in [0.4, 0.5) is 5.69 Å². The van der Waals surface area contributed by atoms with Gasteiger partial charge >= 0.3 is 0 Å². The molecule has 12 heteroatoms. The van der Waals surface area contributed by atoms with Crippen LogP contribution in [0, 0.1) is 17.8 Å². The Morgan fingerprint density at radius 2 is 2.08 bits per heavy atom. The number of allylic oxidation sites excluding steroid dienone is 1. The summed E-state index contributed by atoms with van der Waals surface area (Å²) < 4.78 is 35.8. The van der Waals surface area contributed by atoms with Crippen LogP contribution in [-0.2, 0) is 33.0 Å². The van der Waals surface area contributed by atoms with Gasteiger partial charge in [-0.05, 0) is 104 Å². The van der Waals surface area contributed by atoms with Crippen LogP contribution in [0.25, 0.3) is 0 Å². The number of methoxy groups -OCH3 is 1. The molecule has 2 aliphatic heterocycles. The zero-order valence-corrected chi connectivity index (χ0v) is 31.3. The number of benzene rings is 2. The summed E-state index contributed by atoms with van der Waals surface area (Å²) in [5, 5.41) is 4.99. The van der Waals surface area contributed by atoms with Gasteiger partial charge in [0.1, 0.15) is 15.7 Å². The first-order valence-electron chi connectivity index (χ1n) is 18.2. The molecule has 2 aromatic carbocycles. The minimum absolute atomic E-state index is 0.00768. The summed E-state index contributed by atoms with van der Waals surface area (Å²) in [4.78, 5) is 29.8. The minimum atomic E-state index is -3.53. The summed E-state index contributed by atoms with van der Waals surface area (Å²) in [6.07, 6.45) is 13.8. The van der Waals surface area contributed by atoms with Gasteiger partial charge in [-0.15, -0.1) is 4.36 Å². The molecule has 2 bridgehead atoms. The van der Waals surface area contributed by atoms with Crippen molar-refractivity contribution in [2.75, 3.05) is 37.5 Å². The molecule has 1 aromatic heterocycles. The van der Waals surface area contributed by atoms with Gasteiger partial charge in [-0.25, -0.2) is 4.21 Å². The van der Waals surface area contributed by atoms with E-state index in [1.165, 1.54) is 17.3 Å². The quantitative estimate of drug-likeness (QED) is 0.281. The van der Waals surface area contributed by atoms with Crippen molar-refractivity contribution < 1.29 is 23.3 Å². The van der Waals surface area contributed by atoms with Crippen molar-refractivity contribution in [2.45, 2.75) is 76.9 Å². The van der Waals surface area contributed by atoms with Crippen molar-refractivity contribution in [3.63, 3.8) is 0 Å². The molecule has 3 heterocycles. The van der Waals surface area contributed by atoms with Gasteiger partial charge in [-0.3, -0.25) is 19.0 Å². The van der Waals surface area contributed by atoms with Crippen LogP contribution in [0.3, 0.4) is 0 Å². The van der Waals surface area contributed by atoms with Crippen molar-refractivity contribution in [1.82, 2.24) is 14.5 Å². The predicted octanol–water partition coefficient (Wildman–Crippen LogP) is 7.01. The van der Waals surface area contributed by atoms with E-state index in [1.54, 1.807) is 24.1 Å². The van der Waals surface area contributed by atoms with Crippen molar-refractivity contribution >= 4 is 39.0 Å². The highest BCUT2D eigenvalue weighted by molar-refractivity contribution is 7.92. The fraction of sp³-hybridized carbons (Fsp3) is 0.513. The van der Waals surface area contributed by atoms with Crippen molar-refractivity contribution in [1.29, 1.82) is 0 Å². The Morgan fingerprint density at radius 3 is 2.86 bits per heavy atom. The Kier molecular flexibility index (Phi) is 10.3. The van der Waals surface area contributed by atoms with Crippen molar-refractivity contribution in [3.05, 3.63) is 88.2 Å². The molecule has 272 valence electrons. The van der Waals surface area contributed by atoms with E-state index in [0.717, 1.165) is 62.3 Å². The normalized spacial score (nSPS) is 29.8. The first-order chi connectivity index (χ1) is 24.6. The smallest absolute Gasteiger partial charge is 0.286 e. The summed E-state index contributed by atoms with van der Waals surface area (Å²) in [6.45, 7) is 6.64. The first-order valence-corrected chi connectivity index (χ1v) is 20.3. The lowest BCUT2D eigenvalue weighted by Crippen LogP contribution is -2.49. The highest BCUT2D eigenvalue weighted by Gasteiger charge is 2.44. The Bertz CT molecular complexity index is 1950. The van der Waals surface area contributed by atoms with E-state index in [1.807, 2.05) is 32.0 Å². The molecular weight excluding hydrogens is 686 g/mol. The molecule has 1 spiro atoms. The number of carbonyl (C=O) groups is 2. The van der Waals surface area contributed by atoms with Crippen LogP contribution >= 0.6 is 11.6 Å². The molecule has 0 unspecified atom stereocenters. The third-order valence-corrected chi connectivity index (χ3v) is 13.3. The van der Waals surface area contributed by atoms with E-state index >= 15 is 0 Å². The third kappa shape index (κ3) is 7.48. The van der Waals surface area contributed by atoms with Gasteiger partial charge in [0.05, 0.1) is 35.9 Å². The van der Waals surface area contributed by atoms with Crippen LogP contribution in [0.1, 0.15) is 84.2 Å². The maximum absolute atomic E-state index is 14.5. The molecule has 0 saturated heterocycles. The zero-order valence-electron chi connectivity index (χ0n) is 29.7. The van der Waals surface area contributed by atoms with Crippen molar-refractivity contribution in [3.8, 4) is 5.75 Å². The maximum Gasteiger partial charge on any atom is 0.286 e. The number of hydrogen-bond acceptors (Lipinski definition) is 7. The van der Waals surface area contributed by atoms with Gasteiger partial charge in [0.15, 0.2) is 0 Å². The molecular formula is C39H48ClN5O5S. The van der Waals surface area contributed by atoms with Gasteiger partial charge in [0.25, 0.3) is 11.8 Å². The van der Waals surface area contributed by atoms with E-state index in [0.29, 0.717) is 42.7 Å². The SMILES string of the molecule is CCCn1cc(C(=O)N[S@@]2(=O)=NC(=O)c3ccc4c(c3)N(C[C@@H]3CC[C@H]3[C@@H](OC)/C=C/C[C@H](C)C2)C[C@@]2(CCCc3cc(Cl)ccc32)CO4)cn1. The second kappa shape index (κ2) is 14.8. The zero-order chi connectivity index (χ0) is 35.8. The van der Waals surface area contributed by atoms with Gasteiger partial charge in [0, 0.05) is 48.9 Å². The van der Waals surface area contributed by atoms with Crippen LogP contribution in [0.2, 0.25) is 5.02 Å². The number of amides is 2. The third-order valence-electron chi connectivity index (χ3n) is 11.1. The number of aryl methyl sites for hydroxylation is 2. The number of carbonyl (C=O) groups excluding carboxylic acids is 2. The number of aromatic nitrogens is 2. The lowest BCUT2D eigenvalue weighted by Gasteiger charge is -2.46. The number of ether oxygens (including phenoxy) is 2. The molecule has 7 rings (SSSR count). The average molecular weight is 734 g/mol. The summed E-state index contributed by atoms with van der Waals surface area (Å²) >= 11 is 6.46. The number of anilines is 1. The molecule has 3 aromatic rings. The monoisotopic (exact) mass is 733 g/mol. The van der Waals surface area contributed by atoms with E-state index < -0.39 is 21.7 Å².